The molecule has 0 unspecified atom stereocenters. The molecule has 0 bridgehead atoms. The molecule has 4 rings (SSSR count). The molecule has 0 saturated carbocycles. The number of hydrogen-bond acceptors (Lipinski definition) is 6. The van der Waals surface area contributed by atoms with Crippen molar-refractivity contribution in [1.29, 1.82) is 0 Å². The molecule has 0 fully saturated rings. The van der Waals surface area contributed by atoms with Gasteiger partial charge in [0.15, 0.2) is 0 Å². The first-order valence-electron chi connectivity index (χ1n) is 12.6. The van der Waals surface area contributed by atoms with Crippen LogP contribution in [-0.2, 0) is 19.3 Å². The van der Waals surface area contributed by atoms with E-state index in [0.717, 1.165) is 27.3 Å². The number of aliphatic imine (C=N–C) groups is 1. The highest BCUT2D eigenvalue weighted by atomic mass is 35.5. The van der Waals surface area contributed by atoms with Crippen LogP contribution in [0.5, 0.6) is 11.5 Å². The lowest BCUT2D eigenvalue weighted by Crippen LogP contribution is -2.29. The number of halogens is 4. The summed E-state index contributed by atoms with van der Waals surface area (Å²) in [5.74, 6) is 0.891. The van der Waals surface area contributed by atoms with E-state index >= 15 is 0 Å². The first kappa shape index (κ1) is 29.8. The highest BCUT2D eigenvalue weighted by Gasteiger charge is 2.34. The number of para-hydroxylation sites is 1. The Morgan fingerprint density at radius 2 is 1.83 bits per heavy atom. The van der Waals surface area contributed by atoms with Crippen molar-refractivity contribution >= 4 is 34.4 Å². The van der Waals surface area contributed by atoms with E-state index in [-0.39, 0.29) is 13.2 Å². The number of alkyl halides is 3. The number of pyridine rings is 3. The third kappa shape index (κ3) is 6.43. The van der Waals surface area contributed by atoms with Gasteiger partial charge in [0.1, 0.15) is 29.2 Å². The normalized spacial score (nSPS) is 12.6. The largest absolute Gasteiger partial charge is 0.496 e. The molecule has 0 aliphatic heterocycles. The van der Waals surface area contributed by atoms with Gasteiger partial charge in [0.2, 0.25) is 0 Å². The predicted octanol–water partition coefficient (Wildman–Crippen LogP) is 7.08. The molecule has 4 aromatic rings. The van der Waals surface area contributed by atoms with Gasteiger partial charge in [-0.25, -0.2) is 4.98 Å². The lowest BCUT2D eigenvalue weighted by Gasteiger charge is -2.18. The number of benzene rings is 1. The highest BCUT2D eigenvalue weighted by molar-refractivity contribution is 6.32. The van der Waals surface area contributed by atoms with Crippen LogP contribution in [-0.4, -0.2) is 27.9 Å². The van der Waals surface area contributed by atoms with Gasteiger partial charge < -0.3 is 14.0 Å². The molecule has 11 heteroatoms. The number of allylic oxidation sites excluding steroid dienone is 1. The zero-order valence-electron chi connectivity index (χ0n) is 23.1. The fraction of sp³-hybridized carbons (Fsp3) is 0.267. The Balaban J connectivity index is 1.78. The second kappa shape index (κ2) is 12.1. The summed E-state index contributed by atoms with van der Waals surface area (Å²) >= 11 is 6.37. The minimum absolute atomic E-state index is 0.0477. The number of aryl methyl sites for hydroxylation is 2. The van der Waals surface area contributed by atoms with Crippen molar-refractivity contribution in [2.24, 2.45) is 4.99 Å². The Morgan fingerprint density at radius 3 is 2.49 bits per heavy atom. The highest BCUT2D eigenvalue weighted by Crippen LogP contribution is 2.34. The Bertz CT molecular complexity index is 1730. The maximum atomic E-state index is 13.4. The van der Waals surface area contributed by atoms with Crippen LogP contribution in [0.4, 0.5) is 13.2 Å². The summed E-state index contributed by atoms with van der Waals surface area (Å²) in [5, 5.41) is 1.30. The Morgan fingerprint density at radius 1 is 1.10 bits per heavy atom. The standard InChI is InChI=1S/C30H28ClF3N4O3/c1-6-35-27(19(4)31)21-13-17(2)37-28-20(21)9-7-11-25(28)41-16-22-24(36-18(3)14-26(22)40-5)15-38-12-8-10-23(29(38)39)30(32,33)34/h6-14H,15-16H2,1-5H3/b27-19+,35-6-. The van der Waals surface area contributed by atoms with Gasteiger partial charge in [-0.05, 0) is 52.0 Å². The fourth-order valence-corrected chi connectivity index (χ4v) is 4.67. The molecule has 0 spiro atoms. The molecule has 214 valence electrons. The Labute approximate surface area is 240 Å². The van der Waals surface area contributed by atoms with Crippen LogP contribution in [0.2, 0.25) is 0 Å². The lowest BCUT2D eigenvalue weighted by atomic mass is 10.0. The third-order valence-corrected chi connectivity index (χ3v) is 6.48. The van der Waals surface area contributed by atoms with Crippen molar-refractivity contribution in [3.05, 3.63) is 97.8 Å². The lowest BCUT2D eigenvalue weighted by molar-refractivity contribution is -0.138. The minimum Gasteiger partial charge on any atom is -0.496 e. The smallest absolute Gasteiger partial charge is 0.421 e. The summed E-state index contributed by atoms with van der Waals surface area (Å²) in [5.41, 5.74) is 1.70. The van der Waals surface area contributed by atoms with Gasteiger partial charge in [0.05, 0.1) is 30.6 Å². The quantitative estimate of drug-likeness (QED) is 0.207. The summed E-state index contributed by atoms with van der Waals surface area (Å²) in [6, 6.07) is 11.0. The average Bonchev–Trinajstić information content (AvgIpc) is 2.90. The van der Waals surface area contributed by atoms with Crippen LogP contribution in [0.15, 0.2) is 63.5 Å². The minimum atomic E-state index is -4.78. The molecule has 0 aliphatic carbocycles. The summed E-state index contributed by atoms with van der Waals surface area (Å²) in [4.78, 5) is 26.3. The van der Waals surface area contributed by atoms with Crippen LogP contribution in [0.3, 0.4) is 0 Å². The first-order valence-corrected chi connectivity index (χ1v) is 13.0. The van der Waals surface area contributed by atoms with E-state index in [0.29, 0.717) is 44.7 Å². The molecule has 41 heavy (non-hydrogen) atoms. The molecule has 0 atom stereocenters. The second-order valence-electron chi connectivity index (χ2n) is 9.27. The van der Waals surface area contributed by atoms with Gasteiger partial charge in [0.25, 0.3) is 5.56 Å². The summed E-state index contributed by atoms with van der Waals surface area (Å²) in [6.07, 6.45) is -1.82. The van der Waals surface area contributed by atoms with Crippen molar-refractivity contribution in [3.8, 4) is 11.5 Å². The van der Waals surface area contributed by atoms with E-state index in [9.17, 15) is 18.0 Å². The van der Waals surface area contributed by atoms with Gasteiger partial charge in [0, 0.05) is 45.8 Å². The van der Waals surface area contributed by atoms with Gasteiger partial charge in [-0.3, -0.25) is 14.8 Å². The topological polar surface area (TPSA) is 78.6 Å². The number of methoxy groups -OCH3 is 1. The van der Waals surface area contributed by atoms with E-state index < -0.39 is 17.3 Å². The summed E-state index contributed by atoms with van der Waals surface area (Å²) in [6.45, 7) is 6.89. The van der Waals surface area contributed by atoms with Gasteiger partial charge >= 0.3 is 6.18 Å². The van der Waals surface area contributed by atoms with Gasteiger partial charge in [-0.15, -0.1) is 0 Å². The van der Waals surface area contributed by atoms with E-state index in [4.69, 9.17) is 26.1 Å². The molecule has 0 radical (unpaired) electrons. The monoisotopic (exact) mass is 584 g/mol. The van der Waals surface area contributed by atoms with Crippen molar-refractivity contribution < 1.29 is 22.6 Å². The number of nitrogens with zero attached hydrogens (tertiary/aromatic N) is 4. The average molecular weight is 585 g/mol. The number of ether oxygens (including phenoxy) is 2. The maximum Gasteiger partial charge on any atom is 0.421 e. The molecule has 0 aliphatic rings. The fourth-order valence-electron chi connectivity index (χ4n) is 4.52. The second-order valence-corrected chi connectivity index (χ2v) is 9.83. The van der Waals surface area contributed by atoms with Gasteiger partial charge in [-0.2, -0.15) is 13.2 Å². The van der Waals surface area contributed by atoms with E-state index in [1.807, 2.05) is 25.1 Å². The van der Waals surface area contributed by atoms with Crippen LogP contribution >= 0.6 is 11.6 Å². The molecule has 7 nitrogen and oxygen atoms in total. The van der Waals surface area contributed by atoms with Crippen LogP contribution in [0, 0.1) is 13.8 Å². The number of fused-ring (bicyclic) bond motifs is 1. The van der Waals surface area contributed by atoms with Crippen LogP contribution in [0.1, 0.15) is 47.6 Å². The first-order chi connectivity index (χ1) is 19.4. The zero-order valence-corrected chi connectivity index (χ0v) is 23.9. The summed E-state index contributed by atoms with van der Waals surface area (Å²) in [7, 11) is 1.48. The van der Waals surface area contributed by atoms with Crippen molar-refractivity contribution in [2.75, 3.05) is 7.11 Å². The molecular formula is C30H28ClF3N4O3. The summed E-state index contributed by atoms with van der Waals surface area (Å²) < 4.78 is 52.9. The molecule has 3 heterocycles. The van der Waals surface area contributed by atoms with Crippen molar-refractivity contribution in [1.82, 2.24) is 14.5 Å². The zero-order chi connectivity index (χ0) is 29.9. The number of aromatic nitrogens is 3. The number of hydrogen-bond donors (Lipinski definition) is 0. The molecule has 0 amide bonds. The van der Waals surface area contributed by atoms with E-state index in [1.54, 1.807) is 39.1 Å². The van der Waals surface area contributed by atoms with Crippen molar-refractivity contribution in [2.45, 2.75) is 47.0 Å². The maximum absolute atomic E-state index is 13.4. The predicted molar refractivity (Wildman–Crippen MR) is 154 cm³/mol. The molecule has 0 saturated heterocycles. The molecule has 1 aromatic carbocycles. The Hall–Kier alpha value is -4.18. The third-order valence-electron chi connectivity index (χ3n) is 6.30. The van der Waals surface area contributed by atoms with Crippen molar-refractivity contribution in [3.63, 3.8) is 0 Å². The van der Waals surface area contributed by atoms with E-state index in [1.165, 1.54) is 19.4 Å². The van der Waals surface area contributed by atoms with E-state index in [2.05, 4.69) is 9.98 Å². The molecule has 0 N–H and O–H groups in total. The number of rotatable bonds is 8. The molecule has 3 aromatic heterocycles. The van der Waals surface area contributed by atoms with Gasteiger partial charge in [-0.1, -0.05) is 23.7 Å². The molecular weight excluding hydrogens is 557 g/mol. The van der Waals surface area contributed by atoms with Crippen LogP contribution < -0.4 is 15.0 Å². The SMILES string of the molecule is C/C=N\C(=C(/C)Cl)c1cc(C)nc2c(OCc3c(OC)cc(C)nc3Cn3cccc(C(F)(F)F)c3=O)cccc12. The van der Waals surface area contributed by atoms with Crippen LogP contribution in [0.25, 0.3) is 16.6 Å². The Kier molecular flexibility index (Phi) is 8.82.